The summed E-state index contributed by atoms with van der Waals surface area (Å²) in [6, 6.07) is 4.97. The maximum Gasteiger partial charge on any atom is 0.356 e. The van der Waals surface area contributed by atoms with Crippen molar-refractivity contribution in [2.24, 2.45) is 0 Å². The molecule has 7 heteroatoms. The van der Waals surface area contributed by atoms with Crippen molar-refractivity contribution in [2.75, 3.05) is 13.7 Å². The molecule has 7 nitrogen and oxygen atoms in total. The highest BCUT2D eigenvalue weighted by molar-refractivity contribution is 6.00. The van der Waals surface area contributed by atoms with E-state index in [0.29, 0.717) is 29.2 Å². The van der Waals surface area contributed by atoms with Gasteiger partial charge in [0.05, 0.1) is 30.1 Å². The number of methoxy groups -OCH3 is 1. The number of aromatic nitrogens is 2. The van der Waals surface area contributed by atoms with Crippen molar-refractivity contribution in [1.29, 1.82) is 0 Å². The Kier molecular flexibility index (Phi) is 2.90. The number of benzene rings is 1. The standard InChI is InChI=1S/C16H15N3O4/c1-23-9-4-5-11-10(7-9)15(20)18-6-2-3-12(18)14-13(16(21)22)17-8-19(11)14/h4-5,7-8,12H,2-3,6H2,1H3,(H,21,22). The number of carbonyl (C=O) groups excluding carboxylic acids is 1. The lowest BCUT2D eigenvalue weighted by atomic mass is 10.1. The number of aromatic carboxylic acids is 1. The van der Waals surface area contributed by atoms with Crippen molar-refractivity contribution in [2.45, 2.75) is 18.9 Å². The third-order valence-electron chi connectivity index (χ3n) is 4.53. The Morgan fingerprint density at radius 3 is 3.00 bits per heavy atom. The molecule has 2 aliphatic rings. The maximum absolute atomic E-state index is 12.9. The lowest BCUT2D eigenvalue weighted by Gasteiger charge is -2.22. The molecular formula is C16H15N3O4. The fourth-order valence-electron chi connectivity index (χ4n) is 3.51. The van der Waals surface area contributed by atoms with Gasteiger partial charge in [-0.2, -0.15) is 0 Å². The van der Waals surface area contributed by atoms with Crippen LogP contribution >= 0.6 is 0 Å². The predicted molar refractivity (Wildman–Crippen MR) is 80.1 cm³/mol. The van der Waals surface area contributed by atoms with E-state index in [2.05, 4.69) is 4.98 Å². The van der Waals surface area contributed by atoms with E-state index < -0.39 is 5.97 Å². The minimum atomic E-state index is -1.07. The van der Waals surface area contributed by atoms with Crippen molar-refractivity contribution < 1.29 is 19.4 Å². The van der Waals surface area contributed by atoms with Gasteiger partial charge in [-0.1, -0.05) is 0 Å². The molecule has 1 unspecified atom stereocenters. The number of hydrogen-bond donors (Lipinski definition) is 1. The highest BCUT2D eigenvalue weighted by Gasteiger charge is 2.40. The second-order valence-corrected chi connectivity index (χ2v) is 5.69. The molecule has 1 aromatic heterocycles. The second-order valence-electron chi connectivity index (χ2n) is 5.69. The summed E-state index contributed by atoms with van der Waals surface area (Å²) >= 11 is 0. The smallest absolute Gasteiger partial charge is 0.356 e. The van der Waals surface area contributed by atoms with E-state index in [4.69, 9.17) is 4.74 Å². The second kappa shape index (κ2) is 4.84. The number of amides is 1. The Labute approximate surface area is 132 Å². The third kappa shape index (κ3) is 1.86. The molecule has 1 aromatic carbocycles. The summed E-state index contributed by atoms with van der Waals surface area (Å²) in [5.74, 6) is -0.577. The highest BCUT2D eigenvalue weighted by atomic mass is 16.5. The molecule has 0 saturated carbocycles. The lowest BCUT2D eigenvalue weighted by molar-refractivity contribution is 0.0673. The van der Waals surface area contributed by atoms with Gasteiger partial charge in [0.2, 0.25) is 0 Å². The number of imidazole rings is 1. The third-order valence-corrected chi connectivity index (χ3v) is 4.53. The molecule has 0 radical (unpaired) electrons. The van der Waals surface area contributed by atoms with E-state index in [0.717, 1.165) is 12.8 Å². The molecule has 0 spiro atoms. The van der Waals surface area contributed by atoms with Crippen LogP contribution in [0.25, 0.3) is 5.69 Å². The van der Waals surface area contributed by atoms with Crippen LogP contribution in [0, 0.1) is 0 Å². The monoisotopic (exact) mass is 313 g/mol. The molecular weight excluding hydrogens is 298 g/mol. The van der Waals surface area contributed by atoms with Gasteiger partial charge in [0.15, 0.2) is 5.69 Å². The molecule has 1 atom stereocenters. The number of nitrogens with zero attached hydrogens (tertiary/aromatic N) is 3. The van der Waals surface area contributed by atoms with Crippen molar-refractivity contribution in [1.82, 2.24) is 14.5 Å². The van der Waals surface area contributed by atoms with Crippen LogP contribution in [0.1, 0.15) is 45.4 Å². The summed E-state index contributed by atoms with van der Waals surface area (Å²) in [4.78, 5) is 30.3. The maximum atomic E-state index is 12.9. The summed E-state index contributed by atoms with van der Waals surface area (Å²) in [6.07, 6.45) is 3.07. The zero-order chi connectivity index (χ0) is 16.1. The first-order valence-electron chi connectivity index (χ1n) is 7.41. The van der Waals surface area contributed by atoms with Crippen LogP contribution in [0.2, 0.25) is 0 Å². The van der Waals surface area contributed by atoms with Gasteiger partial charge in [-0.3, -0.25) is 9.36 Å². The van der Waals surface area contributed by atoms with Gasteiger partial charge in [-0.05, 0) is 31.0 Å². The zero-order valence-corrected chi connectivity index (χ0v) is 12.5. The summed E-state index contributed by atoms with van der Waals surface area (Å²) in [7, 11) is 1.55. The molecule has 1 fully saturated rings. The van der Waals surface area contributed by atoms with Crippen LogP contribution in [0.5, 0.6) is 5.75 Å². The van der Waals surface area contributed by atoms with Crippen LogP contribution in [-0.2, 0) is 0 Å². The molecule has 0 aliphatic carbocycles. The highest BCUT2D eigenvalue weighted by Crippen LogP contribution is 2.40. The Bertz CT molecular complexity index is 827. The topological polar surface area (TPSA) is 84.7 Å². The first-order chi connectivity index (χ1) is 11.1. The van der Waals surface area contributed by atoms with E-state index in [1.807, 2.05) is 0 Å². The predicted octanol–water partition coefficient (Wildman–Crippen LogP) is 1.87. The summed E-state index contributed by atoms with van der Waals surface area (Å²) in [6.45, 7) is 0.615. The minimum absolute atomic E-state index is 0.0124. The summed E-state index contributed by atoms with van der Waals surface area (Å²) < 4.78 is 6.95. The van der Waals surface area contributed by atoms with Gasteiger partial charge < -0.3 is 14.7 Å². The number of ether oxygens (including phenoxy) is 1. The molecule has 3 heterocycles. The van der Waals surface area contributed by atoms with Crippen molar-refractivity contribution >= 4 is 11.9 Å². The Balaban J connectivity index is 2.02. The van der Waals surface area contributed by atoms with Gasteiger partial charge in [-0.25, -0.2) is 9.78 Å². The molecule has 118 valence electrons. The largest absolute Gasteiger partial charge is 0.497 e. The van der Waals surface area contributed by atoms with Crippen molar-refractivity contribution in [3.05, 3.63) is 41.5 Å². The number of fused-ring (bicyclic) bond motifs is 5. The van der Waals surface area contributed by atoms with Crippen molar-refractivity contribution in [3.63, 3.8) is 0 Å². The number of carbonyl (C=O) groups is 2. The molecule has 4 rings (SSSR count). The Morgan fingerprint density at radius 2 is 2.26 bits per heavy atom. The van der Waals surface area contributed by atoms with Crippen molar-refractivity contribution in [3.8, 4) is 11.4 Å². The summed E-state index contributed by atoms with van der Waals surface area (Å²) in [5, 5.41) is 9.44. The first-order valence-corrected chi connectivity index (χ1v) is 7.41. The summed E-state index contributed by atoms with van der Waals surface area (Å²) in [5.41, 5.74) is 1.73. The van der Waals surface area contributed by atoms with E-state index in [-0.39, 0.29) is 17.6 Å². The van der Waals surface area contributed by atoms with Crippen LogP contribution in [0.3, 0.4) is 0 Å². The van der Waals surface area contributed by atoms with Gasteiger partial charge in [0, 0.05) is 6.54 Å². The van der Waals surface area contributed by atoms with Gasteiger partial charge in [0.1, 0.15) is 12.1 Å². The van der Waals surface area contributed by atoms with Crippen LogP contribution in [0.4, 0.5) is 0 Å². The average molecular weight is 313 g/mol. The molecule has 0 bridgehead atoms. The lowest BCUT2D eigenvalue weighted by Crippen LogP contribution is -2.30. The number of carboxylic acid groups (broad SMARTS) is 1. The minimum Gasteiger partial charge on any atom is -0.497 e. The SMILES string of the molecule is COc1ccc2c(c1)C(=O)N1CCCC1c1c(C(=O)O)ncn1-2. The number of rotatable bonds is 2. The van der Waals surface area contributed by atoms with E-state index in [1.54, 1.807) is 34.8 Å². The fraction of sp³-hybridized carbons (Fsp3) is 0.312. The van der Waals surface area contributed by atoms with E-state index >= 15 is 0 Å². The van der Waals surface area contributed by atoms with Gasteiger partial charge in [-0.15, -0.1) is 0 Å². The average Bonchev–Trinajstić information content (AvgIpc) is 3.17. The molecule has 1 amide bonds. The Hall–Kier alpha value is -2.83. The quantitative estimate of drug-likeness (QED) is 0.915. The molecule has 23 heavy (non-hydrogen) atoms. The molecule has 2 aromatic rings. The molecule has 1 saturated heterocycles. The first kappa shape index (κ1) is 13.8. The van der Waals surface area contributed by atoms with Gasteiger partial charge >= 0.3 is 5.97 Å². The zero-order valence-electron chi connectivity index (χ0n) is 12.5. The molecule has 2 aliphatic heterocycles. The Morgan fingerprint density at radius 1 is 1.43 bits per heavy atom. The number of hydrogen-bond acceptors (Lipinski definition) is 4. The fourth-order valence-corrected chi connectivity index (χ4v) is 3.51. The van der Waals surface area contributed by atoms with Crippen LogP contribution in [0.15, 0.2) is 24.5 Å². The van der Waals surface area contributed by atoms with Crippen LogP contribution < -0.4 is 4.74 Å². The van der Waals surface area contributed by atoms with Gasteiger partial charge in [0.25, 0.3) is 5.91 Å². The van der Waals surface area contributed by atoms with E-state index in [9.17, 15) is 14.7 Å². The number of carboxylic acids is 1. The van der Waals surface area contributed by atoms with E-state index in [1.165, 1.54) is 6.33 Å². The molecule has 1 N–H and O–H groups in total. The normalized spacial score (nSPS) is 18.9. The van der Waals surface area contributed by atoms with Crippen LogP contribution in [-0.4, -0.2) is 45.1 Å².